The maximum Gasteiger partial charge on any atom is 0.171 e. The fourth-order valence-corrected chi connectivity index (χ4v) is 1.38. The number of anilines is 1. The number of aryl methyl sites for hydroxylation is 1. The molecule has 0 amide bonds. The van der Waals surface area contributed by atoms with Gasteiger partial charge in [0, 0.05) is 12.7 Å². The van der Waals surface area contributed by atoms with Crippen LogP contribution in [0.1, 0.15) is 25.8 Å². The molecule has 0 aliphatic carbocycles. The molecule has 16 heavy (non-hydrogen) atoms. The van der Waals surface area contributed by atoms with E-state index >= 15 is 0 Å². The van der Waals surface area contributed by atoms with Gasteiger partial charge >= 0.3 is 0 Å². The van der Waals surface area contributed by atoms with E-state index in [-0.39, 0.29) is 0 Å². The lowest BCUT2D eigenvalue weighted by Gasteiger charge is -2.10. The maximum absolute atomic E-state index is 5.16. The van der Waals surface area contributed by atoms with Crippen LogP contribution in [0.3, 0.4) is 0 Å². The van der Waals surface area contributed by atoms with Crippen molar-refractivity contribution in [3.63, 3.8) is 0 Å². The maximum atomic E-state index is 5.16. The molecule has 1 aromatic heterocycles. The van der Waals surface area contributed by atoms with Gasteiger partial charge in [-0.1, -0.05) is 19.9 Å². The molecule has 2 N–H and O–H groups in total. The van der Waals surface area contributed by atoms with Crippen LogP contribution in [-0.2, 0) is 0 Å². The van der Waals surface area contributed by atoms with E-state index in [1.165, 1.54) is 0 Å². The first-order valence-electron chi connectivity index (χ1n) is 5.55. The minimum absolute atomic E-state index is 0.636. The van der Waals surface area contributed by atoms with Crippen molar-refractivity contribution in [2.75, 3.05) is 11.9 Å². The summed E-state index contributed by atoms with van der Waals surface area (Å²) in [5, 5.41) is 6.85. The number of thiocarbonyl (C=S) groups is 1. The molecular formula is C12H19N3S. The van der Waals surface area contributed by atoms with E-state index < -0.39 is 0 Å². The predicted molar refractivity (Wildman–Crippen MR) is 72.7 cm³/mol. The Hall–Kier alpha value is -1.16. The number of nitrogens with one attached hydrogen (secondary N) is 2. The highest BCUT2D eigenvalue weighted by Crippen LogP contribution is 2.03. The van der Waals surface area contributed by atoms with Gasteiger partial charge in [0.2, 0.25) is 0 Å². The third-order valence-corrected chi connectivity index (χ3v) is 2.41. The van der Waals surface area contributed by atoms with Gasteiger partial charge in [-0.05, 0) is 43.1 Å². The average molecular weight is 237 g/mol. The Morgan fingerprint density at radius 2 is 2.19 bits per heavy atom. The second-order valence-corrected chi connectivity index (χ2v) is 4.69. The predicted octanol–water partition coefficient (Wildman–Crippen LogP) is 2.72. The standard InChI is InChI=1S/C12H19N3S/c1-9(2)6-7-13-12(16)15-11-5-4-10(3)8-14-11/h4-5,8-9H,6-7H2,1-3H3,(H2,13,14,15,16). The van der Waals surface area contributed by atoms with E-state index in [1.54, 1.807) is 0 Å². The van der Waals surface area contributed by atoms with Crippen molar-refractivity contribution in [1.82, 2.24) is 10.3 Å². The second-order valence-electron chi connectivity index (χ2n) is 4.28. The van der Waals surface area contributed by atoms with E-state index in [1.807, 2.05) is 25.3 Å². The monoisotopic (exact) mass is 237 g/mol. The molecule has 0 saturated heterocycles. The van der Waals surface area contributed by atoms with Crippen molar-refractivity contribution in [2.45, 2.75) is 27.2 Å². The van der Waals surface area contributed by atoms with Crippen LogP contribution in [0, 0.1) is 12.8 Å². The minimum Gasteiger partial charge on any atom is -0.362 e. The molecule has 0 atom stereocenters. The quantitative estimate of drug-likeness (QED) is 0.790. The fourth-order valence-electron chi connectivity index (χ4n) is 1.18. The Morgan fingerprint density at radius 3 is 2.75 bits per heavy atom. The number of rotatable bonds is 4. The van der Waals surface area contributed by atoms with Crippen LogP contribution in [0.25, 0.3) is 0 Å². The molecule has 0 bridgehead atoms. The van der Waals surface area contributed by atoms with Crippen molar-refractivity contribution in [3.05, 3.63) is 23.9 Å². The summed E-state index contributed by atoms with van der Waals surface area (Å²) in [7, 11) is 0. The Labute approximate surface area is 103 Å². The largest absolute Gasteiger partial charge is 0.362 e. The molecule has 1 heterocycles. The van der Waals surface area contributed by atoms with Gasteiger partial charge in [0.25, 0.3) is 0 Å². The van der Waals surface area contributed by atoms with E-state index in [9.17, 15) is 0 Å². The van der Waals surface area contributed by atoms with Crippen molar-refractivity contribution in [1.29, 1.82) is 0 Å². The zero-order valence-electron chi connectivity index (χ0n) is 10.1. The lowest BCUT2D eigenvalue weighted by Crippen LogP contribution is -2.30. The van der Waals surface area contributed by atoms with E-state index in [0.717, 1.165) is 24.3 Å². The van der Waals surface area contributed by atoms with E-state index in [0.29, 0.717) is 11.0 Å². The van der Waals surface area contributed by atoms with Gasteiger partial charge in [0.1, 0.15) is 5.82 Å². The highest BCUT2D eigenvalue weighted by atomic mass is 32.1. The van der Waals surface area contributed by atoms with Crippen LogP contribution < -0.4 is 10.6 Å². The Morgan fingerprint density at radius 1 is 1.44 bits per heavy atom. The lowest BCUT2D eigenvalue weighted by molar-refractivity contribution is 0.579. The molecule has 0 aliphatic rings. The van der Waals surface area contributed by atoms with Gasteiger partial charge in [-0.15, -0.1) is 0 Å². The SMILES string of the molecule is Cc1ccc(NC(=S)NCCC(C)C)nc1. The van der Waals surface area contributed by atoms with Crippen molar-refractivity contribution in [2.24, 2.45) is 5.92 Å². The molecule has 0 spiro atoms. The summed E-state index contributed by atoms with van der Waals surface area (Å²) >= 11 is 5.16. The van der Waals surface area contributed by atoms with Gasteiger partial charge in [0.05, 0.1) is 0 Å². The molecule has 0 saturated carbocycles. The van der Waals surface area contributed by atoms with Crippen LogP contribution in [-0.4, -0.2) is 16.6 Å². The molecule has 0 radical (unpaired) electrons. The summed E-state index contributed by atoms with van der Waals surface area (Å²) in [4.78, 5) is 4.22. The number of hydrogen-bond donors (Lipinski definition) is 2. The summed E-state index contributed by atoms with van der Waals surface area (Å²) < 4.78 is 0. The zero-order valence-corrected chi connectivity index (χ0v) is 10.9. The summed E-state index contributed by atoms with van der Waals surface area (Å²) in [6.07, 6.45) is 2.93. The first kappa shape index (κ1) is 12.9. The fraction of sp³-hybridized carbons (Fsp3) is 0.500. The molecule has 1 aromatic rings. The van der Waals surface area contributed by atoms with E-state index in [4.69, 9.17) is 12.2 Å². The summed E-state index contributed by atoms with van der Waals surface area (Å²) in [6.45, 7) is 7.30. The highest BCUT2D eigenvalue weighted by molar-refractivity contribution is 7.80. The van der Waals surface area contributed by atoms with Gasteiger partial charge < -0.3 is 10.6 Å². The van der Waals surface area contributed by atoms with Crippen molar-refractivity contribution < 1.29 is 0 Å². The molecule has 0 aliphatic heterocycles. The van der Waals surface area contributed by atoms with E-state index in [2.05, 4.69) is 29.5 Å². The van der Waals surface area contributed by atoms with Crippen LogP contribution in [0.4, 0.5) is 5.82 Å². The van der Waals surface area contributed by atoms with Crippen LogP contribution in [0.15, 0.2) is 18.3 Å². The number of nitrogens with zero attached hydrogens (tertiary/aromatic N) is 1. The topological polar surface area (TPSA) is 37.0 Å². The van der Waals surface area contributed by atoms with Gasteiger partial charge in [0.15, 0.2) is 5.11 Å². The Bertz CT molecular complexity index is 333. The minimum atomic E-state index is 0.636. The van der Waals surface area contributed by atoms with Gasteiger partial charge in [-0.25, -0.2) is 4.98 Å². The molecule has 3 nitrogen and oxygen atoms in total. The van der Waals surface area contributed by atoms with Crippen molar-refractivity contribution >= 4 is 23.1 Å². The van der Waals surface area contributed by atoms with Crippen molar-refractivity contribution in [3.8, 4) is 0 Å². The third-order valence-electron chi connectivity index (χ3n) is 2.16. The van der Waals surface area contributed by atoms with Crippen LogP contribution in [0.5, 0.6) is 0 Å². The molecule has 0 fully saturated rings. The second kappa shape index (κ2) is 6.43. The number of hydrogen-bond acceptors (Lipinski definition) is 2. The normalized spacial score (nSPS) is 10.2. The summed E-state index contributed by atoms with van der Waals surface area (Å²) in [5.41, 5.74) is 1.14. The van der Waals surface area contributed by atoms with Crippen LogP contribution >= 0.6 is 12.2 Å². The lowest BCUT2D eigenvalue weighted by atomic mass is 10.1. The molecule has 4 heteroatoms. The zero-order chi connectivity index (χ0) is 12.0. The molecule has 0 unspecified atom stereocenters. The number of pyridine rings is 1. The van der Waals surface area contributed by atoms with Gasteiger partial charge in [-0.3, -0.25) is 0 Å². The Kier molecular flexibility index (Phi) is 5.19. The number of aromatic nitrogens is 1. The highest BCUT2D eigenvalue weighted by Gasteiger charge is 1.98. The third kappa shape index (κ3) is 5.07. The first-order chi connectivity index (χ1) is 7.58. The molecule has 88 valence electrons. The molecular weight excluding hydrogens is 218 g/mol. The summed E-state index contributed by atoms with van der Waals surface area (Å²) in [6, 6.07) is 3.93. The smallest absolute Gasteiger partial charge is 0.171 e. The average Bonchev–Trinajstić information content (AvgIpc) is 2.21. The van der Waals surface area contributed by atoms with Crippen LogP contribution in [0.2, 0.25) is 0 Å². The Balaban J connectivity index is 2.31. The molecule has 0 aromatic carbocycles. The first-order valence-corrected chi connectivity index (χ1v) is 5.96. The summed E-state index contributed by atoms with van der Waals surface area (Å²) in [5.74, 6) is 1.47. The molecule has 1 rings (SSSR count). The van der Waals surface area contributed by atoms with Gasteiger partial charge in [-0.2, -0.15) is 0 Å².